The maximum atomic E-state index is 14.0. The molecule has 1 amide bonds. The first-order chi connectivity index (χ1) is 19.5. The van der Waals surface area contributed by atoms with Crippen LogP contribution in [-0.2, 0) is 14.8 Å². The Hall–Kier alpha value is -3.92. The Kier molecular flexibility index (Phi) is 10.5. The van der Waals surface area contributed by atoms with E-state index in [9.17, 15) is 13.2 Å². The Morgan fingerprint density at radius 2 is 1.49 bits per heavy atom. The van der Waals surface area contributed by atoms with Gasteiger partial charge in [-0.25, -0.2) is 8.42 Å². The third-order valence-corrected chi connectivity index (χ3v) is 8.52. The number of sulfonamides is 1. The number of benzene rings is 3. The van der Waals surface area contributed by atoms with Crippen molar-refractivity contribution in [1.82, 2.24) is 5.32 Å². The van der Waals surface area contributed by atoms with Crippen LogP contribution < -0.4 is 28.6 Å². The third kappa shape index (κ3) is 7.24. The average Bonchev–Trinajstić information content (AvgIpc) is 2.95. The fraction of sp³-hybridized carbons (Fsp3) is 0.387. The highest BCUT2D eigenvalue weighted by Crippen LogP contribution is 2.34. The van der Waals surface area contributed by atoms with Crippen molar-refractivity contribution >= 4 is 21.6 Å². The van der Waals surface area contributed by atoms with E-state index in [4.69, 9.17) is 18.9 Å². The van der Waals surface area contributed by atoms with Gasteiger partial charge in [-0.3, -0.25) is 9.10 Å². The maximum absolute atomic E-state index is 14.0. The molecule has 3 aromatic carbocycles. The number of carbonyl (C=O) groups is 1. The van der Waals surface area contributed by atoms with Gasteiger partial charge >= 0.3 is 0 Å². The smallest absolute Gasteiger partial charge is 0.264 e. The van der Waals surface area contributed by atoms with Crippen LogP contribution in [-0.4, -0.2) is 48.8 Å². The van der Waals surface area contributed by atoms with E-state index in [0.29, 0.717) is 23.8 Å². The van der Waals surface area contributed by atoms with Crippen LogP contribution in [0.1, 0.15) is 56.3 Å². The number of aryl methyl sites for hydroxylation is 1. The summed E-state index contributed by atoms with van der Waals surface area (Å²) in [5.74, 6) is 1.79. The molecule has 0 aliphatic rings. The summed E-state index contributed by atoms with van der Waals surface area (Å²) in [7, 11) is 0.351. The van der Waals surface area contributed by atoms with Crippen molar-refractivity contribution in [2.24, 2.45) is 0 Å². The topological polar surface area (TPSA) is 103 Å². The molecule has 1 atom stereocenters. The van der Waals surface area contributed by atoms with E-state index in [1.54, 1.807) is 31.4 Å². The minimum Gasteiger partial charge on any atom is -0.496 e. The number of methoxy groups -OCH3 is 3. The first-order valence-electron chi connectivity index (χ1n) is 13.4. The molecule has 41 heavy (non-hydrogen) atoms. The van der Waals surface area contributed by atoms with Crippen LogP contribution in [0.15, 0.2) is 59.5 Å². The minimum atomic E-state index is -4.19. The fourth-order valence-electron chi connectivity index (χ4n) is 4.60. The summed E-state index contributed by atoms with van der Waals surface area (Å²) in [5, 5.41) is 2.98. The lowest BCUT2D eigenvalue weighted by Crippen LogP contribution is -2.41. The van der Waals surface area contributed by atoms with E-state index in [-0.39, 0.29) is 22.6 Å². The Labute approximate surface area is 243 Å². The minimum absolute atomic E-state index is 0.0440. The average molecular weight is 585 g/mol. The lowest BCUT2D eigenvalue weighted by atomic mass is 9.93. The van der Waals surface area contributed by atoms with Gasteiger partial charge in [-0.1, -0.05) is 13.8 Å². The number of amides is 1. The predicted octanol–water partition coefficient (Wildman–Crippen LogP) is 5.62. The summed E-state index contributed by atoms with van der Waals surface area (Å²) in [6, 6.07) is 14.5. The highest BCUT2D eigenvalue weighted by atomic mass is 32.2. The Balaban J connectivity index is 1.97. The zero-order valence-corrected chi connectivity index (χ0v) is 25.8. The van der Waals surface area contributed by atoms with Gasteiger partial charge in [0.05, 0.1) is 44.6 Å². The SMILES string of the molecule is CCOc1ccc(N(CC(=O)N[C@H](C)c2cc(C(C)C)c(OC)cc2C)S(=O)(=O)c2ccc(OC)c(OC)c2)cc1. The lowest BCUT2D eigenvalue weighted by molar-refractivity contribution is -0.120. The molecule has 0 fully saturated rings. The van der Waals surface area contributed by atoms with Crippen molar-refractivity contribution in [3.8, 4) is 23.0 Å². The second kappa shape index (κ2) is 13.6. The van der Waals surface area contributed by atoms with E-state index in [2.05, 4.69) is 19.2 Å². The molecule has 9 nitrogen and oxygen atoms in total. The molecule has 10 heteroatoms. The highest BCUT2D eigenvalue weighted by Gasteiger charge is 2.29. The summed E-state index contributed by atoms with van der Waals surface area (Å²) in [6.45, 7) is 9.88. The standard InChI is InChI=1S/C31H40N2O7S/c1-9-40-24-12-10-23(11-13-24)33(41(35,36)25-14-15-28(37-6)30(17-25)39-8)19-31(34)32-22(5)27-18-26(20(2)3)29(38-7)16-21(27)4/h10-18,20,22H,9,19H2,1-8H3,(H,32,34)/t22-/m1/s1. The van der Waals surface area contributed by atoms with Crippen molar-refractivity contribution in [2.45, 2.75) is 51.5 Å². The highest BCUT2D eigenvalue weighted by molar-refractivity contribution is 7.92. The number of hydrogen-bond acceptors (Lipinski definition) is 7. The summed E-state index contributed by atoms with van der Waals surface area (Å²) in [5.41, 5.74) is 3.23. The molecule has 222 valence electrons. The van der Waals surface area contributed by atoms with Gasteiger partial charge in [0.1, 0.15) is 18.0 Å². The van der Waals surface area contributed by atoms with Gasteiger partial charge in [0.2, 0.25) is 5.91 Å². The largest absolute Gasteiger partial charge is 0.496 e. The number of rotatable bonds is 13. The van der Waals surface area contributed by atoms with Crippen LogP contribution in [0.25, 0.3) is 0 Å². The second-order valence-electron chi connectivity index (χ2n) is 9.85. The number of nitrogens with one attached hydrogen (secondary N) is 1. The number of ether oxygens (including phenoxy) is 4. The van der Waals surface area contributed by atoms with Crippen molar-refractivity contribution in [1.29, 1.82) is 0 Å². The summed E-state index contributed by atoms with van der Waals surface area (Å²) in [4.78, 5) is 13.4. The number of hydrogen-bond donors (Lipinski definition) is 1. The zero-order valence-electron chi connectivity index (χ0n) is 25.0. The number of carbonyl (C=O) groups excluding carboxylic acids is 1. The van der Waals surface area contributed by atoms with Crippen LogP contribution in [0.2, 0.25) is 0 Å². The van der Waals surface area contributed by atoms with Crippen LogP contribution >= 0.6 is 0 Å². The Bertz CT molecular complexity index is 1450. The molecule has 1 N–H and O–H groups in total. The summed E-state index contributed by atoms with van der Waals surface area (Å²) >= 11 is 0. The van der Waals surface area contributed by atoms with Crippen LogP contribution in [0.3, 0.4) is 0 Å². The molecule has 0 aliphatic carbocycles. The molecule has 0 saturated heterocycles. The van der Waals surface area contributed by atoms with Crippen molar-refractivity contribution < 1.29 is 32.2 Å². The Morgan fingerprint density at radius 1 is 0.854 bits per heavy atom. The lowest BCUT2D eigenvalue weighted by Gasteiger charge is -2.26. The van der Waals surface area contributed by atoms with Gasteiger partial charge in [-0.05, 0) is 91.9 Å². The monoisotopic (exact) mass is 584 g/mol. The molecule has 0 aliphatic heterocycles. The molecule has 3 rings (SSSR count). The Morgan fingerprint density at radius 3 is 2.05 bits per heavy atom. The van der Waals surface area contributed by atoms with E-state index >= 15 is 0 Å². The van der Waals surface area contributed by atoms with Gasteiger partial charge in [-0.15, -0.1) is 0 Å². The molecule has 0 saturated carbocycles. The normalized spacial score (nSPS) is 12.0. The molecule has 0 aromatic heterocycles. The summed E-state index contributed by atoms with van der Waals surface area (Å²) in [6.07, 6.45) is 0. The first kappa shape index (κ1) is 31.6. The second-order valence-corrected chi connectivity index (χ2v) is 11.7. The quantitative estimate of drug-likeness (QED) is 0.278. The first-order valence-corrected chi connectivity index (χ1v) is 14.9. The zero-order chi connectivity index (χ0) is 30.3. The molecule has 3 aromatic rings. The molecule has 0 bridgehead atoms. The number of nitrogens with zero attached hydrogens (tertiary/aromatic N) is 1. The molecule has 0 radical (unpaired) electrons. The number of anilines is 1. The van der Waals surface area contributed by atoms with Gasteiger partial charge < -0.3 is 24.3 Å². The molecule has 0 heterocycles. The van der Waals surface area contributed by atoms with Crippen LogP contribution in [0, 0.1) is 6.92 Å². The van der Waals surface area contributed by atoms with E-state index in [0.717, 1.165) is 26.7 Å². The summed E-state index contributed by atoms with van der Waals surface area (Å²) < 4.78 is 50.6. The van der Waals surface area contributed by atoms with Crippen LogP contribution in [0.5, 0.6) is 23.0 Å². The van der Waals surface area contributed by atoms with Gasteiger partial charge in [0.15, 0.2) is 11.5 Å². The molecule has 0 unspecified atom stereocenters. The van der Waals surface area contributed by atoms with Gasteiger partial charge in [-0.2, -0.15) is 0 Å². The predicted molar refractivity (Wildman–Crippen MR) is 160 cm³/mol. The molecule has 0 spiro atoms. The van der Waals surface area contributed by atoms with E-state index < -0.39 is 22.5 Å². The fourth-order valence-corrected chi connectivity index (χ4v) is 6.04. The van der Waals surface area contributed by atoms with Gasteiger partial charge in [0, 0.05) is 6.07 Å². The molecular weight excluding hydrogens is 544 g/mol. The molecular formula is C31H40N2O7S. The van der Waals surface area contributed by atoms with Crippen molar-refractivity contribution in [3.05, 3.63) is 71.3 Å². The van der Waals surface area contributed by atoms with Crippen molar-refractivity contribution in [2.75, 3.05) is 38.8 Å². The van der Waals surface area contributed by atoms with Crippen LogP contribution in [0.4, 0.5) is 5.69 Å². The maximum Gasteiger partial charge on any atom is 0.264 e. The van der Waals surface area contributed by atoms with E-state index in [1.807, 2.05) is 32.9 Å². The van der Waals surface area contributed by atoms with Gasteiger partial charge in [0.25, 0.3) is 10.0 Å². The third-order valence-electron chi connectivity index (χ3n) is 6.75. The van der Waals surface area contributed by atoms with Crippen molar-refractivity contribution in [3.63, 3.8) is 0 Å². The van der Waals surface area contributed by atoms with E-state index in [1.165, 1.54) is 32.4 Å².